The number of carbonyl (C=O) groups is 2. The Morgan fingerprint density at radius 2 is 1.40 bits per heavy atom. The second kappa shape index (κ2) is 10.3. The van der Waals surface area contributed by atoms with Gasteiger partial charge in [0.2, 0.25) is 11.6 Å². The molecule has 1 amide bonds. The van der Waals surface area contributed by atoms with Gasteiger partial charge in [0, 0.05) is 22.1 Å². The van der Waals surface area contributed by atoms with Gasteiger partial charge in [-0.15, -0.1) is 5.10 Å². The Morgan fingerprint density at radius 1 is 0.800 bits per heavy atom. The number of amides is 1. The van der Waals surface area contributed by atoms with Gasteiger partial charge in [0.25, 0.3) is 5.91 Å². The molecule has 0 saturated heterocycles. The Kier molecular flexibility index (Phi) is 6.82. The van der Waals surface area contributed by atoms with Crippen molar-refractivity contribution < 1.29 is 9.59 Å². The van der Waals surface area contributed by atoms with Gasteiger partial charge in [-0.2, -0.15) is 0 Å². The molecule has 1 fully saturated rings. The summed E-state index contributed by atoms with van der Waals surface area (Å²) in [6, 6.07) is 25.5. The van der Waals surface area contributed by atoms with Crippen LogP contribution in [0.5, 0.6) is 0 Å². The number of amidine groups is 1. The molecule has 5 rings (SSSR count). The highest BCUT2D eigenvalue weighted by atomic mass is 35.5. The number of hydrazine groups is 1. The molecule has 7 heteroatoms. The highest BCUT2D eigenvalue weighted by Crippen LogP contribution is 2.36. The second-order valence-corrected chi connectivity index (χ2v) is 9.36. The van der Waals surface area contributed by atoms with Gasteiger partial charge in [-0.05, 0) is 49.2 Å². The molecule has 0 spiro atoms. The fraction of sp³-hybridized carbons (Fsp3) is 0.250. The SMILES string of the molecule is O=C(NN1C(C(=O)c2ccccc2)=NN(c2ccc(Cl)cc2)C1C1CCCCC1)c1ccccc1. The molecule has 1 saturated carbocycles. The molecule has 35 heavy (non-hydrogen) atoms. The first-order valence-corrected chi connectivity index (χ1v) is 12.4. The number of benzene rings is 3. The average Bonchev–Trinajstić information content (AvgIpc) is 3.29. The van der Waals surface area contributed by atoms with Crippen LogP contribution < -0.4 is 10.4 Å². The van der Waals surface area contributed by atoms with E-state index in [1.807, 2.05) is 65.7 Å². The highest BCUT2D eigenvalue weighted by Gasteiger charge is 2.44. The van der Waals surface area contributed by atoms with Crippen molar-refractivity contribution in [3.8, 4) is 0 Å². The fourth-order valence-corrected chi connectivity index (χ4v) is 4.97. The van der Waals surface area contributed by atoms with Crippen LogP contribution in [0.15, 0.2) is 90.0 Å². The number of halogens is 1. The summed E-state index contributed by atoms with van der Waals surface area (Å²) < 4.78 is 0. The van der Waals surface area contributed by atoms with Gasteiger partial charge < -0.3 is 0 Å². The van der Waals surface area contributed by atoms with Crippen LogP contribution in [0.2, 0.25) is 5.02 Å². The normalized spacial score (nSPS) is 18.3. The third-order valence-electron chi connectivity index (χ3n) is 6.61. The summed E-state index contributed by atoms with van der Waals surface area (Å²) in [5, 5.41) is 9.00. The van der Waals surface area contributed by atoms with Crippen LogP contribution in [-0.4, -0.2) is 28.7 Å². The van der Waals surface area contributed by atoms with Crippen molar-refractivity contribution in [3.63, 3.8) is 0 Å². The maximum absolute atomic E-state index is 13.7. The summed E-state index contributed by atoms with van der Waals surface area (Å²) in [4.78, 5) is 26.9. The zero-order chi connectivity index (χ0) is 24.2. The average molecular weight is 487 g/mol. The van der Waals surface area contributed by atoms with Crippen molar-refractivity contribution in [2.45, 2.75) is 38.3 Å². The quantitative estimate of drug-likeness (QED) is 0.440. The summed E-state index contributed by atoms with van der Waals surface area (Å²) >= 11 is 6.15. The van der Waals surface area contributed by atoms with Crippen molar-refractivity contribution in [3.05, 3.63) is 101 Å². The number of hydrazone groups is 1. The largest absolute Gasteiger partial charge is 0.285 e. The van der Waals surface area contributed by atoms with Crippen molar-refractivity contribution in [2.75, 3.05) is 5.01 Å². The van der Waals surface area contributed by atoms with E-state index in [1.165, 1.54) is 6.42 Å². The first kappa shape index (κ1) is 23.1. The van der Waals surface area contributed by atoms with Gasteiger partial charge in [0.05, 0.1) is 5.69 Å². The molecule has 6 nitrogen and oxygen atoms in total. The van der Waals surface area contributed by atoms with Crippen molar-refractivity contribution in [1.82, 2.24) is 10.4 Å². The van der Waals surface area contributed by atoms with E-state index in [4.69, 9.17) is 16.7 Å². The number of hydrogen-bond acceptors (Lipinski definition) is 5. The first-order chi connectivity index (χ1) is 17.1. The van der Waals surface area contributed by atoms with Crippen LogP contribution in [0.25, 0.3) is 0 Å². The van der Waals surface area contributed by atoms with Crippen LogP contribution in [0.1, 0.15) is 52.8 Å². The molecule has 0 radical (unpaired) electrons. The fourth-order valence-electron chi connectivity index (χ4n) is 4.85. The van der Waals surface area contributed by atoms with Crippen molar-refractivity contribution in [1.29, 1.82) is 0 Å². The third-order valence-corrected chi connectivity index (χ3v) is 6.86. The van der Waals surface area contributed by atoms with Crippen LogP contribution >= 0.6 is 11.6 Å². The van der Waals surface area contributed by atoms with Gasteiger partial charge in [0.15, 0.2) is 0 Å². The number of nitrogens with zero attached hydrogens (tertiary/aromatic N) is 3. The first-order valence-electron chi connectivity index (χ1n) is 12.0. The maximum atomic E-state index is 13.7. The molecule has 1 unspecified atom stereocenters. The molecule has 1 atom stereocenters. The standard InChI is InChI=1S/C28H27ClN4O2/c29-23-16-18-24(19-17-23)32-28(22-14-8-3-9-15-22)33(31-27(35)21-12-6-2-7-13-21)26(30-32)25(34)20-10-4-1-5-11-20/h1-2,4-7,10-13,16-19,22,28H,3,8-9,14-15H2,(H,31,35). The zero-order valence-corrected chi connectivity index (χ0v) is 20.1. The van der Waals surface area contributed by atoms with E-state index in [9.17, 15) is 9.59 Å². The Labute approximate surface area is 210 Å². The number of Topliss-reactive ketones (excluding diaryl/α,β-unsaturated/α-hetero) is 1. The molecule has 0 bridgehead atoms. The molecule has 3 aromatic carbocycles. The lowest BCUT2D eigenvalue weighted by molar-refractivity contribution is 0.0774. The molecule has 1 aliphatic heterocycles. The number of nitrogens with one attached hydrogen (secondary N) is 1. The van der Waals surface area contributed by atoms with E-state index in [-0.39, 0.29) is 29.6 Å². The zero-order valence-electron chi connectivity index (χ0n) is 19.3. The Morgan fingerprint density at radius 3 is 2.03 bits per heavy atom. The van der Waals surface area contributed by atoms with Gasteiger partial charge in [-0.25, -0.2) is 10.0 Å². The number of carbonyl (C=O) groups excluding carboxylic acids is 2. The predicted molar refractivity (Wildman–Crippen MR) is 138 cm³/mol. The van der Waals surface area contributed by atoms with E-state index in [2.05, 4.69) is 5.43 Å². The van der Waals surface area contributed by atoms with Crippen LogP contribution in [0.3, 0.4) is 0 Å². The van der Waals surface area contributed by atoms with Gasteiger partial charge in [-0.3, -0.25) is 15.0 Å². The second-order valence-electron chi connectivity index (χ2n) is 8.93. The van der Waals surface area contributed by atoms with E-state index in [0.717, 1.165) is 31.4 Å². The molecular formula is C28H27ClN4O2. The summed E-state index contributed by atoms with van der Waals surface area (Å²) in [5.74, 6) is -0.0968. The Bertz CT molecular complexity index is 1210. The van der Waals surface area contributed by atoms with E-state index >= 15 is 0 Å². The molecule has 2 aliphatic rings. The lowest BCUT2D eigenvalue weighted by Crippen LogP contribution is -2.57. The minimum absolute atomic E-state index is 0.200. The lowest BCUT2D eigenvalue weighted by Gasteiger charge is -2.38. The number of hydrogen-bond donors (Lipinski definition) is 1. The molecule has 1 heterocycles. The summed E-state index contributed by atoms with van der Waals surface area (Å²) in [6.07, 6.45) is 5.07. The molecule has 0 aromatic heterocycles. The van der Waals surface area contributed by atoms with Crippen LogP contribution in [-0.2, 0) is 0 Å². The van der Waals surface area contributed by atoms with Gasteiger partial charge >= 0.3 is 0 Å². The molecule has 178 valence electrons. The summed E-state index contributed by atoms with van der Waals surface area (Å²) in [7, 11) is 0. The monoisotopic (exact) mass is 486 g/mol. The van der Waals surface area contributed by atoms with Crippen LogP contribution in [0, 0.1) is 5.92 Å². The number of anilines is 1. The van der Waals surface area contributed by atoms with Crippen LogP contribution in [0.4, 0.5) is 5.69 Å². The minimum Gasteiger partial charge on any atom is -0.285 e. The van der Waals surface area contributed by atoms with E-state index < -0.39 is 0 Å². The molecular weight excluding hydrogens is 460 g/mol. The minimum atomic E-state index is -0.327. The Balaban J connectivity index is 1.57. The molecule has 1 aliphatic carbocycles. The summed E-state index contributed by atoms with van der Waals surface area (Å²) in [6.45, 7) is 0. The summed E-state index contributed by atoms with van der Waals surface area (Å²) in [5.41, 5.74) is 4.89. The van der Waals surface area contributed by atoms with E-state index in [1.54, 1.807) is 29.3 Å². The third kappa shape index (κ3) is 4.93. The van der Waals surface area contributed by atoms with E-state index in [0.29, 0.717) is 16.1 Å². The molecule has 3 aromatic rings. The topological polar surface area (TPSA) is 65.0 Å². The highest BCUT2D eigenvalue weighted by molar-refractivity contribution is 6.45. The molecule has 1 N–H and O–H groups in total. The van der Waals surface area contributed by atoms with Crippen molar-refractivity contribution in [2.24, 2.45) is 11.0 Å². The van der Waals surface area contributed by atoms with Crippen molar-refractivity contribution >= 4 is 34.8 Å². The maximum Gasteiger partial charge on any atom is 0.269 e. The lowest BCUT2D eigenvalue weighted by atomic mass is 9.86. The number of rotatable bonds is 6. The Hall–Kier alpha value is -3.64. The van der Waals surface area contributed by atoms with Gasteiger partial charge in [-0.1, -0.05) is 79.4 Å². The van der Waals surface area contributed by atoms with Gasteiger partial charge in [0.1, 0.15) is 6.17 Å². The predicted octanol–water partition coefficient (Wildman–Crippen LogP) is 5.91. The number of ketones is 1. The smallest absolute Gasteiger partial charge is 0.269 e.